The largest absolute Gasteiger partial charge is 0.399 e. The third-order valence-corrected chi connectivity index (χ3v) is 4.68. The molecule has 1 aromatic heterocycles. The SMILES string of the molecule is Nc1ccc(-c2nccnc2N2CCN(C(=O)C3CC3)CC2)cc1. The molecule has 1 aliphatic heterocycles. The van der Waals surface area contributed by atoms with Crippen molar-refractivity contribution in [3.63, 3.8) is 0 Å². The van der Waals surface area contributed by atoms with Crippen molar-refractivity contribution in [3.05, 3.63) is 36.7 Å². The molecule has 4 rings (SSSR count). The van der Waals surface area contributed by atoms with Crippen LogP contribution in [0.2, 0.25) is 0 Å². The fraction of sp³-hybridized carbons (Fsp3) is 0.389. The second kappa shape index (κ2) is 6.11. The Hall–Kier alpha value is -2.63. The van der Waals surface area contributed by atoms with Gasteiger partial charge in [-0.05, 0) is 25.0 Å². The molecule has 24 heavy (non-hydrogen) atoms. The highest BCUT2D eigenvalue weighted by atomic mass is 16.2. The van der Waals surface area contributed by atoms with E-state index in [0.717, 1.165) is 61.8 Å². The number of nitrogens with zero attached hydrogens (tertiary/aromatic N) is 4. The van der Waals surface area contributed by atoms with Gasteiger partial charge in [0.15, 0.2) is 5.82 Å². The van der Waals surface area contributed by atoms with Gasteiger partial charge in [0.05, 0.1) is 0 Å². The number of aromatic nitrogens is 2. The summed E-state index contributed by atoms with van der Waals surface area (Å²) in [6, 6.07) is 7.69. The van der Waals surface area contributed by atoms with Crippen LogP contribution in [0.3, 0.4) is 0 Å². The maximum Gasteiger partial charge on any atom is 0.225 e. The summed E-state index contributed by atoms with van der Waals surface area (Å²) in [7, 11) is 0. The first-order valence-electron chi connectivity index (χ1n) is 8.43. The summed E-state index contributed by atoms with van der Waals surface area (Å²) in [6.07, 6.45) is 5.55. The molecule has 2 aliphatic rings. The van der Waals surface area contributed by atoms with Gasteiger partial charge in [-0.15, -0.1) is 0 Å². The van der Waals surface area contributed by atoms with Gasteiger partial charge in [0.2, 0.25) is 5.91 Å². The first-order valence-corrected chi connectivity index (χ1v) is 8.43. The van der Waals surface area contributed by atoms with Crippen LogP contribution >= 0.6 is 0 Å². The number of hydrogen-bond donors (Lipinski definition) is 1. The number of hydrogen-bond acceptors (Lipinski definition) is 5. The number of rotatable bonds is 3. The molecule has 0 radical (unpaired) electrons. The van der Waals surface area contributed by atoms with Crippen molar-refractivity contribution in [3.8, 4) is 11.3 Å². The molecule has 1 amide bonds. The standard InChI is InChI=1S/C18H21N5O/c19-15-5-3-13(4-6-15)16-17(21-8-7-20-16)22-9-11-23(12-10-22)18(24)14-1-2-14/h3-8,14H,1-2,9-12,19H2. The number of piperazine rings is 1. The van der Waals surface area contributed by atoms with Crippen LogP contribution in [0.1, 0.15) is 12.8 Å². The van der Waals surface area contributed by atoms with Crippen molar-refractivity contribution < 1.29 is 4.79 Å². The van der Waals surface area contributed by atoms with Gasteiger partial charge in [-0.3, -0.25) is 9.78 Å². The maximum absolute atomic E-state index is 12.2. The number of carbonyl (C=O) groups is 1. The van der Waals surface area contributed by atoms with Crippen molar-refractivity contribution in [2.75, 3.05) is 36.8 Å². The van der Waals surface area contributed by atoms with Crippen LogP contribution < -0.4 is 10.6 Å². The van der Waals surface area contributed by atoms with Crippen LogP contribution in [0.4, 0.5) is 11.5 Å². The fourth-order valence-corrected chi connectivity index (χ4v) is 3.13. The Bertz CT molecular complexity index is 733. The molecule has 6 nitrogen and oxygen atoms in total. The van der Waals surface area contributed by atoms with Gasteiger partial charge >= 0.3 is 0 Å². The lowest BCUT2D eigenvalue weighted by molar-refractivity contribution is -0.132. The molecular weight excluding hydrogens is 302 g/mol. The zero-order valence-corrected chi connectivity index (χ0v) is 13.6. The molecular formula is C18H21N5O. The minimum absolute atomic E-state index is 0.290. The van der Waals surface area contributed by atoms with E-state index in [1.54, 1.807) is 12.4 Å². The summed E-state index contributed by atoms with van der Waals surface area (Å²) in [5, 5.41) is 0. The molecule has 0 atom stereocenters. The fourth-order valence-electron chi connectivity index (χ4n) is 3.13. The Balaban J connectivity index is 1.53. The first-order chi connectivity index (χ1) is 11.7. The molecule has 1 saturated heterocycles. The second-order valence-electron chi connectivity index (χ2n) is 6.44. The molecule has 2 N–H and O–H groups in total. The van der Waals surface area contributed by atoms with Crippen LogP contribution in [0.25, 0.3) is 11.3 Å². The summed E-state index contributed by atoms with van der Waals surface area (Å²) in [5.41, 5.74) is 8.37. The van der Waals surface area contributed by atoms with Crippen molar-refractivity contribution in [2.45, 2.75) is 12.8 Å². The Labute approximate surface area is 141 Å². The average Bonchev–Trinajstić information content (AvgIpc) is 3.47. The Morgan fingerprint density at radius 3 is 2.33 bits per heavy atom. The molecule has 1 aliphatic carbocycles. The maximum atomic E-state index is 12.2. The lowest BCUT2D eigenvalue weighted by Gasteiger charge is -2.36. The van der Waals surface area contributed by atoms with Gasteiger partial charge in [-0.2, -0.15) is 0 Å². The minimum atomic E-state index is 0.290. The summed E-state index contributed by atoms with van der Waals surface area (Å²) in [5.74, 6) is 1.49. The minimum Gasteiger partial charge on any atom is -0.399 e. The van der Waals surface area contributed by atoms with Crippen LogP contribution in [0, 0.1) is 5.92 Å². The van der Waals surface area contributed by atoms with Gasteiger partial charge < -0.3 is 15.5 Å². The molecule has 124 valence electrons. The van der Waals surface area contributed by atoms with Crippen molar-refractivity contribution in [2.24, 2.45) is 5.92 Å². The quantitative estimate of drug-likeness (QED) is 0.872. The van der Waals surface area contributed by atoms with E-state index in [1.807, 2.05) is 29.2 Å². The number of nitrogens with two attached hydrogens (primary N) is 1. The number of benzene rings is 1. The zero-order valence-electron chi connectivity index (χ0n) is 13.6. The normalized spacial score (nSPS) is 17.8. The predicted molar refractivity (Wildman–Crippen MR) is 93.4 cm³/mol. The molecule has 2 heterocycles. The number of nitrogen functional groups attached to an aromatic ring is 1. The van der Waals surface area contributed by atoms with E-state index in [4.69, 9.17) is 5.73 Å². The van der Waals surface area contributed by atoms with E-state index >= 15 is 0 Å². The van der Waals surface area contributed by atoms with Crippen LogP contribution in [-0.2, 0) is 4.79 Å². The third-order valence-electron chi connectivity index (χ3n) is 4.68. The summed E-state index contributed by atoms with van der Waals surface area (Å²) in [6.45, 7) is 3.10. The van der Waals surface area contributed by atoms with Gasteiger partial charge in [0.25, 0.3) is 0 Å². The van der Waals surface area contributed by atoms with Gasteiger partial charge in [-0.25, -0.2) is 4.98 Å². The summed E-state index contributed by atoms with van der Waals surface area (Å²) >= 11 is 0. The molecule has 1 saturated carbocycles. The highest BCUT2D eigenvalue weighted by molar-refractivity contribution is 5.81. The van der Waals surface area contributed by atoms with E-state index in [9.17, 15) is 4.79 Å². The molecule has 2 fully saturated rings. The zero-order chi connectivity index (χ0) is 16.5. The first kappa shape index (κ1) is 14.9. The smallest absolute Gasteiger partial charge is 0.225 e. The van der Waals surface area contributed by atoms with E-state index in [0.29, 0.717) is 11.8 Å². The van der Waals surface area contributed by atoms with Crippen molar-refractivity contribution >= 4 is 17.4 Å². The van der Waals surface area contributed by atoms with Crippen molar-refractivity contribution in [1.29, 1.82) is 0 Å². The number of carbonyl (C=O) groups excluding carboxylic acids is 1. The second-order valence-corrected chi connectivity index (χ2v) is 6.44. The monoisotopic (exact) mass is 323 g/mol. The summed E-state index contributed by atoms with van der Waals surface area (Å²) in [4.78, 5) is 25.5. The van der Waals surface area contributed by atoms with E-state index in [1.165, 1.54) is 0 Å². The van der Waals surface area contributed by atoms with Crippen molar-refractivity contribution in [1.82, 2.24) is 14.9 Å². The number of amides is 1. The van der Waals surface area contributed by atoms with Gasteiger partial charge in [0.1, 0.15) is 5.69 Å². The summed E-state index contributed by atoms with van der Waals surface area (Å²) < 4.78 is 0. The lowest BCUT2D eigenvalue weighted by Crippen LogP contribution is -2.49. The highest BCUT2D eigenvalue weighted by Gasteiger charge is 2.35. The molecule has 1 aromatic carbocycles. The van der Waals surface area contributed by atoms with Crippen LogP contribution in [-0.4, -0.2) is 47.0 Å². The molecule has 6 heteroatoms. The topological polar surface area (TPSA) is 75.3 Å². The van der Waals surface area contributed by atoms with E-state index in [2.05, 4.69) is 14.9 Å². The molecule has 2 aromatic rings. The average molecular weight is 323 g/mol. The highest BCUT2D eigenvalue weighted by Crippen LogP contribution is 2.32. The Morgan fingerprint density at radius 2 is 1.67 bits per heavy atom. The van der Waals surface area contributed by atoms with Gasteiger partial charge in [0, 0.05) is 55.7 Å². The lowest BCUT2D eigenvalue weighted by atomic mass is 10.1. The Kier molecular flexibility index (Phi) is 3.80. The molecule has 0 spiro atoms. The van der Waals surface area contributed by atoms with Gasteiger partial charge in [-0.1, -0.05) is 12.1 Å². The van der Waals surface area contributed by atoms with E-state index < -0.39 is 0 Å². The van der Waals surface area contributed by atoms with Crippen LogP contribution in [0.15, 0.2) is 36.7 Å². The Morgan fingerprint density at radius 1 is 1.00 bits per heavy atom. The van der Waals surface area contributed by atoms with Crippen LogP contribution in [0.5, 0.6) is 0 Å². The molecule has 0 unspecified atom stereocenters. The molecule has 0 bridgehead atoms. The van der Waals surface area contributed by atoms with E-state index in [-0.39, 0.29) is 0 Å². The number of anilines is 2. The third kappa shape index (κ3) is 2.91. The predicted octanol–water partition coefficient (Wildman–Crippen LogP) is 1.78.